The molecule has 0 spiro atoms. The van der Waals surface area contributed by atoms with Crippen LogP contribution < -0.4 is 10.1 Å². The minimum absolute atomic E-state index is 0.749. The van der Waals surface area contributed by atoms with Crippen LogP contribution in [0.15, 0.2) is 78.6 Å². The third-order valence-corrected chi connectivity index (χ3v) is 5.83. The van der Waals surface area contributed by atoms with Gasteiger partial charge in [0.15, 0.2) is 5.65 Å². The van der Waals surface area contributed by atoms with Crippen molar-refractivity contribution >= 4 is 28.5 Å². The summed E-state index contributed by atoms with van der Waals surface area (Å²) in [6.07, 6.45) is 11.0. The number of thiophene rings is 1. The fraction of sp³-hybridized carbons (Fsp3) is 0.0400. The van der Waals surface area contributed by atoms with Crippen LogP contribution in [-0.2, 0) is 0 Å². The summed E-state index contributed by atoms with van der Waals surface area (Å²) in [5, 5.41) is 5.41. The highest BCUT2D eigenvalue weighted by Crippen LogP contribution is 2.36. The predicted molar refractivity (Wildman–Crippen MR) is 126 cm³/mol. The molecule has 0 amide bonds. The van der Waals surface area contributed by atoms with E-state index in [-0.39, 0.29) is 0 Å². The van der Waals surface area contributed by atoms with Crippen molar-refractivity contribution in [2.75, 3.05) is 12.4 Å². The molecule has 0 aliphatic heterocycles. The summed E-state index contributed by atoms with van der Waals surface area (Å²) >= 11 is 1.57. The van der Waals surface area contributed by atoms with Crippen molar-refractivity contribution in [1.29, 1.82) is 0 Å². The lowest BCUT2D eigenvalue weighted by Gasteiger charge is -2.09. The molecule has 0 fully saturated rings. The Morgan fingerprint density at radius 1 is 1.10 bits per heavy atom. The van der Waals surface area contributed by atoms with E-state index < -0.39 is 0 Å². The standard InChI is InChI=1S/C19H14N4OS.C6H4/c1-3-13-7-10-25-18(13)17-19(23-9-8-20-12-16(23)22-17)21-14-5-4-6-15(11-14)24-2;1-2-5-4-6(5)3-1/h1,4-12,21H,2H3;1-4H. The Morgan fingerprint density at radius 3 is 2.65 bits per heavy atom. The van der Waals surface area contributed by atoms with Gasteiger partial charge in [-0.05, 0) is 40.8 Å². The number of terminal acetylenes is 1. The lowest BCUT2D eigenvalue weighted by Crippen LogP contribution is -1.97. The second kappa shape index (κ2) is 7.98. The number of ether oxygens (including phenoxy) is 1. The summed E-state index contributed by atoms with van der Waals surface area (Å²) < 4.78 is 7.26. The fourth-order valence-electron chi connectivity index (χ4n) is 3.30. The Hall–Kier alpha value is -4.08. The normalized spacial score (nSPS) is 10.7. The van der Waals surface area contributed by atoms with Crippen molar-refractivity contribution in [2.24, 2.45) is 0 Å². The number of nitrogens with zero attached hydrogens (tertiary/aromatic N) is 3. The van der Waals surface area contributed by atoms with Gasteiger partial charge in [-0.1, -0.05) is 30.2 Å². The molecule has 2 aliphatic rings. The van der Waals surface area contributed by atoms with Gasteiger partial charge in [0, 0.05) is 29.7 Å². The van der Waals surface area contributed by atoms with Crippen LogP contribution in [0, 0.1) is 12.3 Å². The Morgan fingerprint density at radius 2 is 1.94 bits per heavy atom. The lowest BCUT2D eigenvalue weighted by atomic mass is 10.2. The molecular formula is C25H18N4OS. The number of rotatable bonds is 4. The molecular weight excluding hydrogens is 404 g/mol. The smallest absolute Gasteiger partial charge is 0.157 e. The molecule has 3 heterocycles. The SMILES string of the molecule is C#Cc1ccsc1-c1nc2cnccn2c1Nc1cccc(OC)c1.c1cc2cc-2c1. The van der Waals surface area contributed by atoms with Gasteiger partial charge in [-0.15, -0.1) is 17.8 Å². The van der Waals surface area contributed by atoms with E-state index in [1.807, 2.05) is 46.3 Å². The van der Waals surface area contributed by atoms with Crippen LogP contribution in [-0.4, -0.2) is 21.5 Å². The molecule has 5 nitrogen and oxygen atoms in total. The molecule has 31 heavy (non-hydrogen) atoms. The van der Waals surface area contributed by atoms with Crippen LogP contribution in [0.4, 0.5) is 11.5 Å². The first kappa shape index (κ1) is 18.9. The predicted octanol–water partition coefficient (Wildman–Crippen LogP) is 5.86. The van der Waals surface area contributed by atoms with E-state index in [1.165, 1.54) is 11.1 Å². The average Bonchev–Trinajstić information content (AvgIpc) is 3.18. The minimum atomic E-state index is 0.749. The molecule has 0 bridgehead atoms. The summed E-state index contributed by atoms with van der Waals surface area (Å²) in [6, 6.07) is 18.2. The van der Waals surface area contributed by atoms with Crippen molar-refractivity contribution in [3.8, 4) is 39.8 Å². The van der Waals surface area contributed by atoms with Crippen molar-refractivity contribution in [3.05, 3.63) is 84.1 Å². The third-order valence-electron chi connectivity index (χ3n) is 4.91. The van der Waals surface area contributed by atoms with Crippen molar-refractivity contribution < 1.29 is 4.74 Å². The molecule has 2 aliphatic carbocycles. The maximum atomic E-state index is 5.64. The second-order valence-electron chi connectivity index (χ2n) is 6.86. The summed E-state index contributed by atoms with van der Waals surface area (Å²) in [7, 11) is 1.65. The molecule has 0 unspecified atom stereocenters. The first-order valence-corrected chi connectivity index (χ1v) is 10.5. The van der Waals surface area contributed by atoms with E-state index in [0.717, 1.165) is 39.0 Å². The Bertz CT molecular complexity index is 1410. The van der Waals surface area contributed by atoms with Crippen LogP contribution in [0.1, 0.15) is 5.56 Å². The first-order valence-electron chi connectivity index (χ1n) is 9.65. The van der Waals surface area contributed by atoms with Gasteiger partial charge in [0.2, 0.25) is 0 Å². The van der Waals surface area contributed by atoms with Gasteiger partial charge in [0.05, 0.1) is 18.2 Å². The van der Waals surface area contributed by atoms with E-state index in [2.05, 4.69) is 40.5 Å². The monoisotopic (exact) mass is 422 g/mol. The Labute approximate surface area is 184 Å². The molecule has 1 aromatic carbocycles. The van der Waals surface area contributed by atoms with Crippen LogP contribution >= 0.6 is 11.3 Å². The van der Waals surface area contributed by atoms with E-state index in [4.69, 9.17) is 16.1 Å². The van der Waals surface area contributed by atoms with Gasteiger partial charge < -0.3 is 10.1 Å². The Balaban J connectivity index is 0.000000289. The maximum absolute atomic E-state index is 5.64. The molecule has 4 aromatic rings. The van der Waals surface area contributed by atoms with Crippen LogP contribution in [0.25, 0.3) is 27.3 Å². The summed E-state index contributed by atoms with van der Waals surface area (Å²) in [5.41, 5.74) is 6.14. The zero-order chi connectivity index (χ0) is 21.2. The van der Waals surface area contributed by atoms with Crippen molar-refractivity contribution in [3.63, 3.8) is 0 Å². The van der Waals surface area contributed by atoms with Crippen molar-refractivity contribution in [1.82, 2.24) is 14.4 Å². The zero-order valence-corrected chi connectivity index (χ0v) is 17.6. The van der Waals surface area contributed by atoms with Gasteiger partial charge in [0.1, 0.15) is 17.3 Å². The highest BCUT2D eigenvalue weighted by molar-refractivity contribution is 7.13. The number of fused-ring (bicyclic) bond motifs is 2. The largest absolute Gasteiger partial charge is 0.497 e. The van der Waals surface area contributed by atoms with Gasteiger partial charge in [-0.2, -0.15) is 0 Å². The second-order valence-corrected chi connectivity index (χ2v) is 7.78. The van der Waals surface area contributed by atoms with E-state index in [9.17, 15) is 0 Å². The number of hydrogen-bond acceptors (Lipinski definition) is 5. The quantitative estimate of drug-likeness (QED) is 0.362. The average molecular weight is 423 g/mol. The van der Waals surface area contributed by atoms with Crippen molar-refractivity contribution in [2.45, 2.75) is 0 Å². The molecule has 0 radical (unpaired) electrons. The number of imidazole rings is 1. The number of nitrogens with one attached hydrogen (secondary N) is 1. The lowest BCUT2D eigenvalue weighted by molar-refractivity contribution is 0.415. The number of benzene rings is 2. The molecule has 0 atom stereocenters. The van der Waals surface area contributed by atoms with Gasteiger partial charge >= 0.3 is 0 Å². The third kappa shape index (κ3) is 3.75. The molecule has 0 saturated heterocycles. The summed E-state index contributed by atoms with van der Waals surface area (Å²) in [5.74, 6) is 4.34. The topological polar surface area (TPSA) is 51.5 Å². The highest BCUT2D eigenvalue weighted by atomic mass is 32.1. The number of anilines is 2. The molecule has 0 saturated carbocycles. The highest BCUT2D eigenvalue weighted by Gasteiger charge is 2.18. The summed E-state index contributed by atoms with van der Waals surface area (Å²) in [6.45, 7) is 0. The van der Waals surface area contributed by atoms with E-state index >= 15 is 0 Å². The molecule has 3 aromatic heterocycles. The number of aromatic nitrogens is 3. The minimum Gasteiger partial charge on any atom is -0.497 e. The van der Waals surface area contributed by atoms with E-state index in [1.54, 1.807) is 30.8 Å². The van der Waals surface area contributed by atoms with E-state index in [0.29, 0.717) is 0 Å². The zero-order valence-electron chi connectivity index (χ0n) is 16.7. The molecule has 6 heteroatoms. The van der Waals surface area contributed by atoms with Gasteiger partial charge in [-0.25, -0.2) is 4.98 Å². The number of hydrogen-bond donors (Lipinski definition) is 1. The van der Waals surface area contributed by atoms with Crippen LogP contribution in [0.2, 0.25) is 0 Å². The van der Waals surface area contributed by atoms with Gasteiger partial charge in [0.25, 0.3) is 0 Å². The molecule has 150 valence electrons. The first-order chi connectivity index (χ1) is 15.3. The molecule has 1 N–H and O–H groups in total. The van der Waals surface area contributed by atoms with Crippen LogP contribution in [0.3, 0.4) is 0 Å². The Kier molecular flexibility index (Phi) is 4.87. The number of methoxy groups -OCH3 is 1. The van der Waals surface area contributed by atoms with Gasteiger partial charge in [-0.3, -0.25) is 9.38 Å². The molecule has 6 rings (SSSR count). The van der Waals surface area contributed by atoms with Crippen LogP contribution in [0.5, 0.6) is 5.75 Å². The summed E-state index contributed by atoms with van der Waals surface area (Å²) in [4.78, 5) is 9.84. The maximum Gasteiger partial charge on any atom is 0.157 e. The fourth-order valence-corrected chi connectivity index (χ4v) is 4.15.